The Labute approximate surface area is 174 Å². The van der Waals surface area contributed by atoms with E-state index in [0.29, 0.717) is 18.9 Å². The maximum Gasteiger partial charge on any atom is 0.315 e. The van der Waals surface area contributed by atoms with Crippen LogP contribution in [0.3, 0.4) is 0 Å². The third kappa shape index (κ3) is 3.91. The molecular formula is C21H26N4O3S. The Balaban J connectivity index is 1.63. The highest BCUT2D eigenvalue weighted by Gasteiger charge is 2.32. The van der Waals surface area contributed by atoms with E-state index in [1.807, 2.05) is 39.8 Å². The van der Waals surface area contributed by atoms with Crippen LogP contribution in [0.2, 0.25) is 0 Å². The van der Waals surface area contributed by atoms with Gasteiger partial charge in [0.2, 0.25) is 0 Å². The summed E-state index contributed by atoms with van der Waals surface area (Å²) in [5.41, 5.74) is 5.10. The van der Waals surface area contributed by atoms with Crippen molar-refractivity contribution in [3.05, 3.63) is 40.6 Å². The van der Waals surface area contributed by atoms with E-state index in [2.05, 4.69) is 11.4 Å². The zero-order chi connectivity index (χ0) is 20.7. The second-order valence-electron chi connectivity index (χ2n) is 7.89. The number of nitrogens with one attached hydrogen (secondary N) is 1. The van der Waals surface area contributed by atoms with E-state index in [1.165, 1.54) is 0 Å². The van der Waals surface area contributed by atoms with E-state index in [9.17, 15) is 9.59 Å². The summed E-state index contributed by atoms with van der Waals surface area (Å²) < 4.78 is 7.44. The van der Waals surface area contributed by atoms with Gasteiger partial charge in [-0.3, -0.25) is 9.59 Å². The molecule has 8 heteroatoms. The zero-order valence-corrected chi connectivity index (χ0v) is 18.0. The van der Waals surface area contributed by atoms with Gasteiger partial charge in [-0.05, 0) is 39.3 Å². The first-order valence-electron chi connectivity index (χ1n) is 9.85. The molecule has 4 rings (SSSR count). The van der Waals surface area contributed by atoms with Gasteiger partial charge in [0.05, 0.1) is 23.6 Å². The second-order valence-corrected chi connectivity index (χ2v) is 8.88. The number of rotatable bonds is 2. The lowest BCUT2D eigenvalue weighted by Gasteiger charge is -2.34. The lowest BCUT2D eigenvalue weighted by atomic mass is 10.1. The van der Waals surface area contributed by atoms with Gasteiger partial charge in [0.15, 0.2) is 0 Å². The fourth-order valence-electron chi connectivity index (χ4n) is 4.01. The minimum Gasteiger partial charge on any atom is -0.372 e. The molecule has 0 bridgehead atoms. The fourth-order valence-corrected chi connectivity index (χ4v) is 5.04. The van der Waals surface area contributed by atoms with Gasteiger partial charge in [-0.1, -0.05) is 17.7 Å². The highest BCUT2D eigenvalue weighted by Crippen LogP contribution is 2.36. The van der Waals surface area contributed by atoms with Crippen LogP contribution in [-0.4, -0.2) is 51.8 Å². The van der Waals surface area contributed by atoms with Crippen molar-refractivity contribution in [3.8, 4) is 5.69 Å². The van der Waals surface area contributed by atoms with Gasteiger partial charge in [-0.2, -0.15) is 16.9 Å². The summed E-state index contributed by atoms with van der Waals surface area (Å²) in [6.07, 6.45) is -0.172. The van der Waals surface area contributed by atoms with Crippen LogP contribution >= 0.6 is 11.8 Å². The van der Waals surface area contributed by atoms with Crippen molar-refractivity contribution >= 4 is 29.4 Å². The van der Waals surface area contributed by atoms with Gasteiger partial charge in [-0.25, -0.2) is 4.68 Å². The predicted molar refractivity (Wildman–Crippen MR) is 113 cm³/mol. The van der Waals surface area contributed by atoms with E-state index < -0.39 is 11.8 Å². The number of carbonyl (C=O) groups is 2. The predicted octanol–water partition coefficient (Wildman–Crippen LogP) is 2.81. The summed E-state index contributed by atoms with van der Waals surface area (Å²) in [7, 11) is 0. The molecule has 1 aromatic carbocycles. The fraction of sp³-hybridized carbons (Fsp3) is 0.476. The zero-order valence-electron chi connectivity index (χ0n) is 17.2. The normalized spacial score (nSPS) is 21.2. The average molecular weight is 415 g/mol. The average Bonchev–Trinajstić information content (AvgIpc) is 3.23. The quantitative estimate of drug-likeness (QED) is 0.765. The number of thioether (sulfide) groups is 1. The highest BCUT2D eigenvalue weighted by molar-refractivity contribution is 7.98. The van der Waals surface area contributed by atoms with E-state index >= 15 is 0 Å². The Hall–Kier alpha value is -2.32. The van der Waals surface area contributed by atoms with Gasteiger partial charge in [0, 0.05) is 30.2 Å². The van der Waals surface area contributed by atoms with Crippen molar-refractivity contribution in [2.24, 2.45) is 0 Å². The molecule has 0 saturated carbocycles. The van der Waals surface area contributed by atoms with Crippen molar-refractivity contribution in [3.63, 3.8) is 0 Å². The lowest BCUT2D eigenvalue weighted by Crippen LogP contribution is -2.51. The van der Waals surface area contributed by atoms with Gasteiger partial charge in [0.1, 0.15) is 5.82 Å². The number of benzene rings is 1. The Morgan fingerprint density at radius 1 is 1.17 bits per heavy atom. The van der Waals surface area contributed by atoms with Crippen LogP contribution in [0.15, 0.2) is 18.2 Å². The number of anilines is 1. The number of ether oxygens (including phenoxy) is 1. The van der Waals surface area contributed by atoms with Crippen LogP contribution in [0, 0.1) is 13.8 Å². The Bertz CT molecular complexity index is 961. The highest BCUT2D eigenvalue weighted by atomic mass is 32.2. The number of amides is 2. The number of aromatic nitrogens is 2. The van der Waals surface area contributed by atoms with Gasteiger partial charge in [0.25, 0.3) is 0 Å². The molecule has 1 saturated heterocycles. The first kappa shape index (κ1) is 20.0. The molecule has 2 aliphatic heterocycles. The Kier molecular flexibility index (Phi) is 5.40. The first-order chi connectivity index (χ1) is 13.8. The van der Waals surface area contributed by atoms with Crippen molar-refractivity contribution in [2.75, 3.05) is 18.4 Å². The smallest absolute Gasteiger partial charge is 0.315 e. The molecule has 0 aliphatic carbocycles. The minimum atomic E-state index is -0.628. The van der Waals surface area contributed by atoms with Crippen LogP contribution in [0.1, 0.15) is 36.2 Å². The molecule has 29 heavy (non-hydrogen) atoms. The molecule has 154 valence electrons. The molecule has 7 nitrogen and oxygen atoms in total. The van der Waals surface area contributed by atoms with Crippen LogP contribution in [0.25, 0.3) is 5.69 Å². The standard InChI is InChI=1S/C21H26N4O3S/c1-12-5-6-18(13(2)7-12)25-19(16-10-29-11-17(16)23-25)22-20(26)21(27)24-8-14(3)28-15(4)9-24/h5-7,14-15H,8-11H2,1-4H3,(H,22,26)/t14-,15-/m0/s1. The van der Waals surface area contributed by atoms with Gasteiger partial charge >= 0.3 is 11.8 Å². The molecule has 1 N–H and O–H groups in total. The van der Waals surface area contributed by atoms with Crippen LogP contribution in [-0.2, 0) is 25.8 Å². The summed E-state index contributed by atoms with van der Waals surface area (Å²) in [6, 6.07) is 6.12. The van der Waals surface area contributed by atoms with Crippen LogP contribution in [0.5, 0.6) is 0 Å². The number of nitrogens with zero attached hydrogens (tertiary/aromatic N) is 3. The van der Waals surface area contributed by atoms with Crippen molar-refractivity contribution < 1.29 is 14.3 Å². The molecule has 0 spiro atoms. The van der Waals surface area contributed by atoms with Gasteiger partial charge in [-0.15, -0.1) is 0 Å². The molecule has 2 amide bonds. The van der Waals surface area contributed by atoms with Crippen molar-refractivity contribution in [1.29, 1.82) is 0 Å². The molecule has 0 unspecified atom stereocenters. The Morgan fingerprint density at radius 2 is 1.90 bits per heavy atom. The maximum atomic E-state index is 12.9. The summed E-state index contributed by atoms with van der Waals surface area (Å²) in [4.78, 5) is 27.2. The molecule has 2 aliphatic rings. The Morgan fingerprint density at radius 3 is 2.59 bits per heavy atom. The lowest BCUT2D eigenvalue weighted by molar-refractivity contribution is -0.151. The van der Waals surface area contributed by atoms with Crippen molar-refractivity contribution in [1.82, 2.24) is 14.7 Å². The van der Waals surface area contributed by atoms with E-state index in [4.69, 9.17) is 9.84 Å². The monoisotopic (exact) mass is 414 g/mol. The molecule has 0 radical (unpaired) electrons. The number of morpholine rings is 1. The molecule has 1 fully saturated rings. The molecule has 2 aromatic rings. The number of carbonyl (C=O) groups excluding carboxylic acids is 2. The van der Waals surface area contributed by atoms with E-state index in [-0.39, 0.29) is 12.2 Å². The minimum absolute atomic E-state index is 0.0862. The topological polar surface area (TPSA) is 76.5 Å². The van der Waals surface area contributed by atoms with Gasteiger partial charge < -0.3 is 15.0 Å². The van der Waals surface area contributed by atoms with Crippen molar-refractivity contribution in [2.45, 2.75) is 51.4 Å². The molecular weight excluding hydrogens is 388 g/mol. The summed E-state index contributed by atoms with van der Waals surface area (Å²) in [5.74, 6) is 1.03. The third-order valence-corrected chi connectivity index (χ3v) is 6.24. The number of aryl methyl sites for hydroxylation is 2. The summed E-state index contributed by atoms with van der Waals surface area (Å²) in [5, 5.41) is 7.61. The molecule has 1 aromatic heterocycles. The maximum absolute atomic E-state index is 12.9. The molecule has 2 atom stereocenters. The first-order valence-corrected chi connectivity index (χ1v) is 11.0. The largest absolute Gasteiger partial charge is 0.372 e. The van der Waals surface area contributed by atoms with E-state index in [1.54, 1.807) is 21.3 Å². The summed E-state index contributed by atoms with van der Waals surface area (Å²) in [6.45, 7) is 8.72. The second kappa shape index (κ2) is 7.84. The molecule has 3 heterocycles. The third-order valence-electron chi connectivity index (χ3n) is 5.27. The van der Waals surface area contributed by atoms with Crippen LogP contribution < -0.4 is 5.32 Å². The SMILES string of the molecule is Cc1ccc(-n2nc3c(c2NC(=O)C(=O)N2C[C@H](C)O[C@@H](C)C2)CSC3)c(C)c1. The summed E-state index contributed by atoms with van der Waals surface area (Å²) >= 11 is 1.76. The number of fused-ring (bicyclic) bond motifs is 1. The number of hydrogen-bond donors (Lipinski definition) is 1. The van der Waals surface area contributed by atoms with E-state index in [0.717, 1.165) is 39.6 Å². The van der Waals surface area contributed by atoms with Crippen LogP contribution in [0.4, 0.5) is 5.82 Å². The number of hydrogen-bond acceptors (Lipinski definition) is 5.